The molecule has 1 atom stereocenters. The molecular weight excluding hydrogens is 609 g/mol. The van der Waals surface area contributed by atoms with Crippen molar-refractivity contribution in [2.75, 3.05) is 11.0 Å². The summed E-state index contributed by atoms with van der Waals surface area (Å²) < 4.78 is 56.7. The van der Waals surface area contributed by atoms with Gasteiger partial charge in [-0.1, -0.05) is 34.8 Å². The summed E-state index contributed by atoms with van der Waals surface area (Å²) >= 11 is 19.2. The van der Waals surface area contributed by atoms with E-state index in [4.69, 9.17) is 40.5 Å². The fourth-order valence-electron chi connectivity index (χ4n) is 4.58. The van der Waals surface area contributed by atoms with Crippen molar-refractivity contribution in [1.82, 2.24) is 19.3 Å². The van der Waals surface area contributed by atoms with Crippen molar-refractivity contribution in [1.29, 1.82) is 0 Å². The minimum atomic E-state index is -3.74. The first kappa shape index (κ1) is 28.2. The Bertz CT molecular complexity index is 1990. The molecule has 2 aromatic heterocycles. The average molecular weight is 628 g/mol. The van der Waals surface area contributed by atoms with Crippen LogP contribution in [-0.2, 0) is 23.5 Å². The number of hydrogen-bond donors (Lipinski definition) is 2. The second-order valence-corrected chi connectivity index (χ2v) is 12.1. The Morgan fingerprint density at radius 1 is 1.00 bits per heavy atom. The lowest BCUT2D eigenvalue weighted by molar-refractivity contribution is 0.572. The van der Waals surface area contributed by atoms with E-state index in [9.17, 15) is 22.0 Å². The van der Waals surface area contributed by atoms with E-state index in [-0.39, 0.29) is 66.2 Å². The molecule has 0 bridgehead atoms. The maximum absolute atomic E-state index is 14.1. The second-order valence-electron chi connectivity index (χ2n) is 9.09. The Labute approximate surface area is 241 Å². The standard InChI is InChI=1S/C25H19Cl3F2N6O3S/c1-35-22-18(6-5-15(27)20(22)23(33-35)34-40(2,38)39)36-24(17(31)9-11-7-12(29)10-13(30)8-11)32-21-16(28)4-3-14(26)19(21)25(36)37/h3-8,10,17H,9,31H2,1-2H3,(H,33,34)/t17-/m0/s1. The summed E-state index contributed by atoms with van der Waals surface area (Å²) in [6.45, 7) is 0. The van der Waals surface area contributed by atoms with E-state index in [1.54, 1.807) is 0 Å². The molecule has 3 aromatic carbocycles. The van der Waals surface area contributed by atoms with Crippen molar-refractivity contribution in [2.24, 2.45) is 12.8 Å². The van der Waals surface area contributed by atoms with Crippen LogP contribution >= 0.6 is 34.8 Å². The fraction of sp³-hybridized carbons (Fsp3) is 0.160. The van der Waals surface area contributed by atoms with Gasteiger partial charge in [0.2, 0.25) is 10.0 Å². The van der Waals surface area contributed by atoms with Gasteiger partial charge in [-0.2, -0.15) is 5.10 Å². The van der Waals surface area contributed by atoms with Gasteiger partial charge in [0.15, 0.2) is 5.82 Å². The largest absolute Gasteiger partial charge is 0.321 e. The molecule has 0 unspecified atom stereocenters. The van der Waals surface area contributed by atoms with Gasteiger partial charge in [-0.3, -0.25) is 18.8 Å². The summed E-state index contributed by atoms with van der Waals surface area (Å²) in [7, 11) is -2.20. The lowest BCUT2D eigenvalue weighted by Crippen LogP contribution is -2.30. The summed E-state index contributed by atoms with van der Waals surface area (Å²) in [4.78, 5) is 18.7. The number of benzene rings is 3. The maximum Gasteiger partial charge on any atom is 0.267 e. The van der Waals surface area contributed by atoms with Gasteiger partial charge in [0, 0.05) is 13.1 Å². The average Bonchev–Trinajstić information content (AvgIpc) is 3.16. The van der Waals surface area contributed by atoms with Crippen molar-refractivity contribution >= 4 is 72.4 Å². The number of nitrogens with one attached hydrogen (secondary N) is 1. The number of aryl methyl sites for hydroxylation is 1. The minimum absolute atomic E-state index is 0.00155. The molecule has 0 saturated carbocycles. The molecule has 2 heterocycles. The zero-order valence-electron chi connectivity index (χ0n) is 20.7. The molecule has 40 heavy (non-hydrogen) atoms. The Morgan fingerprint density at radius 3 is 2.25 bits per heavy atom. The molecule has 15 heteroatoms. The highest BCUT2D eigenvalue weighted by Gasteiger charge is 2.26. The lowest BCUT2D eigenvalue weighted by Gasteiger charge is -2.20. The molecule has 0 saturated heterocycles. The number of fused-ring (bicyclic) bond motifs is 2. The van der Waals surface area contributed by atoms with Gasteiger partial charge in [0.25, 0.3) is 5.56 Å². The molecule has 0 aliphatic heterocycles. The monoisotopic (exact) mass is 626 g/mol. The van der Waals surface area contributed by atoms with Gasteiger partial charge in [-0.15, -0.1) is 0 Å². The van der Waals surface area contributed by atoms with Crippen molar-refractivity contribution in [2.45, 2.75) is 12.5 Å². The lowest BCUT2D eigenvalue weighted by atomic mass is 10.0. The molecule has 5 aromatic rings. The van der Waals surface area contributed by atoms with Crippen LogP contribution in [-0.4, -0.2) is 34.0 Å². The topological polar surface area (TPSA) is 125 Å². The Balaban J connectivity index is 1.85. The zero-order valence-corrected chi connectivity index (χ0v) is 23.8. The predicted octanol–water partition coefficient (Wildman–Crippen LogP) is 5.12. The number of aromatic nitrogens is 4. The van der Waals surface area contributed by atoms with Crippen LogP contribution in [0.15, 0.2) is 47.3 Å². The summed E-state index contributed by atoms with van der Waals surface area (Å²) in [5.74, 6) is -1.65. The molecule has 0 fully saturated rings. The molecule has 0 aliphatic carbocycles. The first-order chi connectivity index (χ1) is 18.7. The molecule has 0 amide bonds. The fourth-order valence-corrected chi connectivity index (χ4v) is 5.74. The predicted molar refractivity (Wildman–Crippen MR) is 152 cm³/mol. The van der Waals surface area contributed by atoms with Crippen LogP contribution < -0.4 is 16.0 Å². The molecule has 5 rings (SSSR count). The van der Waals surface area contributed by atoms with Gasteiger partial charge in [-0.05, 0) is 48.4 Å². The van der Waals surface area contributed by atoms with Crippen LogP contribution in [0, 0.1) is 11.6 Å². The van der Waals surface area contributed by atoms with Crippen LogP contribution in [0.1, 0.15) is 17.4 Å². The van der Waals surface area contributed by atoms with Crippen molar-refractivity contribution < 1.29 is 17.2 Å². The van der Waals surface area contributed by atoms with Gasteiger partial charge in [0.05, 0.1) is 54.9 Å². The third kappa shape index (κ3) is 5.13. The van der Waals surface area contributed by atoms with Crippen LogP contribution in [0.2, 0.25) is 15.1 Å². The highest BCUT2D eigenvalue weighted by Crippen LogP contribution is 2.36. The van der Waals surface area contributed by atoms with Gasteiger partial charge in [0.1, 0.15) is 17.5 Å². The number of sulfonamides is 1. The van der Waals surface area contributed by atoms with E-state index >= 15 is 0 Å². The van der Waals surface area contributed by atoms with Crippen LogP contribution in [0.4, 0.5) is 14.6 Å². The number of anilines is 1. The van der Waals surface area contributed by atoms with E-state index < -0.39 is 33.3 Å². The molecule has 0 radical (unpaired) electrons. The quantitative estimate of drug-likeness (QED) is 0.269. The van der Waals surface area contributed by atoms with Crippen molar-refractivity contribution in [3.63, 3.8) is 0 Å². The summed E-state index contributed by atoms with van der Waals surface area (Å²) in [6.07, 6.45) is 0.856. The van der Waals surface area contributed by atoms with Crippen LogP contribution in [0.25, 0.3) is 27.5 Å². The molecule has 208 valence electrons. The third-order valence-corrected chi connectivity index (χ3v) is 7.60. The van der Waals surface area contributed by atoms with Crippen molar-refractivity contribution in [3.8, 4) is 5.69 Å². The van der Waals surface area contributed by atoms with Crippen LogP contribution in [0.3, 0.4) is 0 Å². The number of nitrogens with zero attached hydrogens (tertiary/aromatic N) is 4. The first-order valence-electron chi connectivity index (χ1n) is 11.5. The molecule has 9 nitrogen and oxygen atoms in total. The van der Waals surface area contributed by atoms with E-state index in [0.29, 0.717) is 0 Å². The smallest absolute Gasteiger partial charge is 0.267 e. The zero-order chi connectivity index (χ0) is 29.1. The highest BCUT2D eigenvalue weighted by molar-refractivity contribution is 7.92. The number of halogens is 5. The maximum atomic E-state index is 14.1. The third-order valence-electron chi connectivity index (χ3n) is 6.10. The van der Waals surface area contributed by atoms with Gasteiger partial charge < -0.3 is 5.73 Å². The number of rotatable bonds is 6. The summed E-state index contributed by atoms with van der Waals surface area (Å²) in [5, 5.41) is 4.83. The van der Waals surface area contributed by atoms with E-state index in [2.05, 4.69) is 14.8 Å². The molecule has 0 aliphatic rings. The SMILES string of the molecule is Cn1nc(NS(C)(=O)=O)c2c(Cl)ccc(-n3c([C@@H](N)Cc4cc(F)cc(F)c4)nc4c(Cl)ccc(Cl)c4c3=O)c21. The summed E-state index contributed by atoms with van der Waals surface area (Å²) in [5.41, 5.74) is 6.66. The van der Waals surface area contributed by atoms with Crippen molar-refractivity contribution in [3.05, 3.63) is 90.9 Å². The van der Waals surface area contributed by atoms with Gasteiger partial charge in [-0.25, -0.2) is 22.2 Å². The number of nitrogens with two attached hydrogens (primary N) is 1. The Hall–Kier alpha value is -3.29. The second kappa shape index (κ2) is 10.3. The molecule has 0 spiro atoms. The first-order valence-corrected chi connectivity index (χ1v) is 14.5. The van der Waals surface area contributed by atoms with E-state index in [1.807, 2.05) is 0 Å². The normalized spacial score (nSPS) is 12.8. The number of hydrogen-bond acceptors (Lipinski definition) is 6. The summed E-state index contributed by atoms with van der Waals surface area (Å²) in [6, 6.07) is 7.82. The van der Waals surface area contributed by atoms with Crippen LogP contribution in [0.5, 0.6) is 0 Å². The Kier molecular flexibility index (Phi) is 7.26. The van der Waals surface area contributed by atoms with E-state index in [1.165, 1.54) is 40.6 Å². The van der Waals surface area contributed by atoms with Gasteiger partial charge >= 0.3 is 0 Å². The molecular formula is C25H19Cl3F2N6O3S. The highest BCUT2D eigenvalue weighted by atomic mass is 35.5. The Morgan fingerprint density at radius 2 is 1.60 bits per heavy atom. The minimum Gasteiger partial charge on any atom is -0.321 e. The molecule has 3 N–H and O–H groups in total. The van der Waals surface area contributed by atoms with E-state index in [0.717, 1.165) is 24.5 Å².